The van der Waals surface area contributed by atoms with Crippen LogP contribution in [-0.2, 0) is 14.3 Å². The number of hydrogen-bond donors (Lipinski definition) is 2. The first-order valence-corrected chi connectivity index (χ1v) is 7.25. The second kappa shape index (κ2) is 7.82. The van der Waals surface area contributed by atoms with Gasteiger partial charge in [0.05, 0.1) is 12.6 Å². The maximum absolute atomic E-state index is 12.2. The van der Waals surface area contributed by atoms with Crippen LogP contribution in [0.4, 0.5) is 0 Å². The molecule has 1 heterocycles. The van der Waals surface area contributed by atoms with E-state index >= 15 is 0 Å². The van der Waals surface area contributed by atoms with E-state index in [1.54, 1.807) is 0 Å². The minimum atomic E-state index is -0.356. The number of carbonyl (C=O) groups is 1. The summed E-state index contributed by atoms with van der Waals surface area (Å²) in [6.45, 7) is 10.6. The SMILES string of the molecule is CCOC(CNC(=O)C1NCCCC1(C)C)OCC. The standard InChI is InChI=1S/C14H28N2O3/c1-5-18-11(19-6-2)10-16-13(17)12-14(3,4)8-7-9-15-12/h11-12,15H,5-10H2,1-4H3,(H,16,17). The topological polar surface area (TPSA) is 59.6 Å². The number of carbonyl (C=O) groups excluding carboxylic acids is 1. The summed E-state index contributed by atoms with van der Waals surface area (Å²) >= 11 is 0. The molecule has 0 bridgehead atoms. The van der Waals surface area contributed by atoms with Gasteiger partial charge in [0.25, 0.3) is 0 Å². The Bertz CT molecular complexity index is 276. The lowest BCUT2D eigenvalue weighted by molar-refractivity contribution is -0.143. The Morgan fingerprint density at radius 3 is 2.53 bits per heavy atom. The van der Waals surface area contributed by atoms with E-state index in [-0.39, 0.29) is 23.7 Å². The van der Waals surface area contributed by atoms with Gasteiger partial charge < -0.3 is 20.1 Å². The summed E-state index contributed by atoms with van der Waals surface area (Å²) in [4.78, 5) is 12.2. The number of nitrogens with one attached hydrogen (secondary N) is 2. The van der Waals surface area contributed by atoms with Gasteiger partial charge in [-0.05, 0) is 38.6 Å². The van der Waals surface area contributed by atoms with Crippen LogP contribution in [0.3, 0.4) is 0 Å². The van der Waals surface area contributed by atoms with E-state index in [1.165, 1.54) is 0 Å². The minimum absolute atomic E-state index is 0.00490. The molecule has 1 unspecified atom stereocenters. The number of hydrogen-bond acceptors (Lipinski definition) is 4. The van der Waals surface area contributed by atoms with Gasteiger partial charge in [-0.25, -0.2) is 0 Å². The van der Waals surface area contributed by atoms with E-state index in [2.05, 4.69) is 24.5 Å². The molecule has 1 aliphatic heterocycles. The number of rotatable bonds is 7. The lowest BCUT2D eigenvalue weighted by Crippen LogP contribution is -2.56. The molecule has 1 saturated heterocycles. The molecule has 112 valence electrons. The molecule has 1 aliphatic rings. The zero-order valence-electron chi connectivity index (χ0n) is 12.6. The number of amides is 1. The highest BCUT2D eigenvalue weighted by molar-refractivity contribution is 5.82. The number of ether oxygens (including phenoxy) is 2. The fourth-order valence-corrected chi connectivity index (χ4v) is 2.48. The van der Waals surface area contributed by atoms with Crippen LogP contribution in [0.2, 0.25) is 0 Å². The quantitative estimate of drug-likeness (QED) is 0.685. The van der Waals surface area contributed by atoms with Crippen molar-refractivity contribution in [3.05, 3.63) is 0 Å². The first-order valence-electron chi connectivity index (χ1n) is 7.25. The van der Waals surface area contributed by atoms with E-state index in [1.807, 2.05) is 13.8 Å². The van der Waals surface area contributed by atoms with Gasteiger partial charge in [0.2, 0.25) is 5.91 Å². The highest BCUT2D eigenvalue weighted by atomic mass is 16.7. The van der Waals surface area contributed by atoms with Gasteiger partial charge in [-0.1, -0.05) is 13.8 Å². The summed E-state index contributed by atoms with van der Waals surface area (Å²) in [7, 11) is 0. The Kier molecular flexibility index (Phi) is 6.75. The predicted molar refractivity (Wildman–Crippen MR) is 74.9 cm³/mol. The van der Waals surface area contributed by atoms with E-state index in [0.717, 1.165) is 19.4 Å². The van der Waals surface area contributed by atoms with Crippen LogP contribution < -0.4 is 10.6 Å². The van der Waals surface area contributed by atoms with Crippen LogP contribution in [0.15, 0.2) is 0 Å². The molecule has 0 saturated carbocycles. The monoisotopic (exact) mass is 272 g/mol. The maximum Gasteiger partial charge on any atom is 0.237 e. The van der Waals surface area contributed by atoms with Crippen molar-refractivity contribution >= 4 is 5.91 Å². The van der Waals surface area contributed by atoms with Crippen molar-refractivity contribution in [2.45, 2.75) is 52.9 Å². The highest BCUT2D eigenvalue weighted by Gasteiger charge is 2.37. The average Bonchev–Trinajstić information content (AvgIpc) is 2.35. The molecular formula is C14H28N2O3. The van der Waals surface area contributed by atoms with Crippen molar-refractivity contribution in [1.29, 1.82) is 0 Å². The van der Waals surface area contributed by atoms with Gasteiger partial charge in [0.1, 0.15) is 0 Å². The van der Waals surface area contributed by atoms with Gasteiger partial charge in [-0.15, -0.1) is 0 Å². The summed E-state index contributed by atoms with van der Waals surface area (Å²) in [6, 6.07) is -0.134. The molecule has 0 aliphatic carbocycles. The lowest BCUT2D eigenvalue weighted by atomic mass is 9.77. The van der Waals surface area contributed by atoms with Crippen LogP contribution in [0.25, 0.3) is 0 Å². The molecule has 0 aromatic carbocycles. The Morgan fingerprint density at radius 1 is 1.37 bits per heavy atom. The fourth-order valence-electron chi connectivity index (χ4n) is 2.48. The van der Waals surface area contributed by atoms with Crippen LogP contribution in [0.1, 0.15) is 40.5 Å². The summed E-state index contributed by atoms with van der Waals surface area (Å²) in [5.41, 5.74) is -0.00490. The van der Waals surface area contributed by atoms with Crippen molar-refractivity contribution in [2.24, 2.45) is 5.41 Å². The fraction of sp³-hybridized carbons (Fsp3) is 0.929. The van der Waals surface area contributed by atoms with Gasteiger partial charge in [0, 0.05) is 13.2 Å². The Labute approximate surface area is 116 Å². The average molecular weight is 272 g/mol. The van der Waals surface area contributed by atoms with Crippen molar-refractivity contribution in [3.8, 4) is 0 Å². The summed E-state index contributed by atoms with van der Waals surface area (Å²) in [6.07, 6.45) is 1.83. The van der Waals surface area contributed by atoms with Gasteiger partial charge in [-0.2, -0.15) is 0 Å². The number of piperidine rings is 1. The van der Waals surface area contributed by atoms with Crippen LogP contribution in [0, 0.1) is 5.41 Å². The molecule has 1 amide bonds. The summed E-state index contributed by atoms with van der Waals surface area (Å²) < 4.78 is 10.8. The second-order valence-corrected chi connectivity index (χ2v) is 5.56. The van der Waals surface area contributed by atoms with Crippen molar-refractivity contribution in [2.75, 3.05) is 26.3 Å². The van der Waals surface area contributed by atoms with Gasteiger partial charge in [-0.3, -0.25) is 4.79 Å². The molecule has 5 nitrogen and oxygen atoms in total. The van der Waals surface area contributed by atoms with Crippen molar-refractivity contribution in [1.82, 2.24) is 10.6 Å². The molecule has 0 aromatic rings. The lowest BCUT2D eigenvalue weighted by Gasteiger charge is -2.38. The molecule has 1 rings (SSSR count). The molecule has 5 heteroatoms. The molecular weight excluding hydrogens is 244 g/mol. The van der Waals surface area contributed by atoms with Crippen molar-refractivity contribution < 1.29 is 14.3 Å². The molecule has 2 N–H and O–H groups in total. The highest BCUT2D eigenvalue weighted by Crippen LogP contribution is 2.30. The molecule has 0 radical (unpaired) electrons. The van der Waals surface area contributed by atoms with E-state index in [0.29, 0.717) is 19.8 Å². The zero-order chi connectivity index (χ0) is 14.3. The third-order valence-corrected chi connectivity index (χ3v) is 3.54. The summed E-state index contributed by atoms with van der Waals surface area (Å²) in [5.74, 6) is 0.0362. The zero-order valence-corrected chi connectivity index (χ0v) is 12.6. The Morgan fingerprint density at radius 2 is 2.00 bits per heavy atom. The maximum atomic E-state index is 12.2. The first-order chi connectivity index (χ1) is 9.01. The second-order valence-electron chi connectivity index (χ2n) is 5.56. The van der Waals surface area contributed by atoms with Crippen LogP contribution >= 0.6 is 0 Å². The molecule has 0 spiro atoms. The Hall–Kier alpha value is -0.650. The first kappa shape index (κ1) is 16.4. The molecule has 19 heavy (non-hydrogen) atoms. The van der Waals surface area contributed by atoms with Gasteiger partial charge in [0.15, 0.2) is 6.29 Å². The largest absolute Gasteiger partial charge is 0.351 e. The van der Waals surface area contributed by atoms with Gasteiger partial charge >= 0.3 is 0 Å². The smallest absolute Gasteiger partial charge is 0.237 e. The molecule has 1 fully saturated rings. The molecule has 0 aromatic heterocycles. The third-order valence-electron chi connectivity index (χ3n) is 3.54. The van der Waals surface area contributed by atoms with E-state index in [4.69, 9.17) is 9.47 Å². The van der Waals surface area contributed by atoms with Crippen LogP contribution in [-0.4, -0.2) is 44.5 Å². The van der Waals surface area contributed by atoms with Crippen LogP contribution in [0.5, 0.6) is 0 Å². The summed E-state index contributed by atoms with van der Waals surface area (Å²) in [5, 5.41) is 6.23. The normalized spacial score (nSPS) is 22.5. The van der Waals surface area contributed by atoms with Crippen molar-refractivity contribution in [3.63, 3.8) is 0 Å². The minimum Gasteiger partial charge on any atom is -0.351 e. The van der Waals surface area contributed by atoms with E-state index in [9.17, 15) is 4.79 Å². The van der Waals surface area contributed by atoms with E-state index < -0.39 is 0 Å². The predicted octanol–water partition coefficient (Wildman–Crippen LogP) is 1.28. The Balaban J connectivity index is 2.44. The third kappa shape index (κ3) is 5.09. The molecule has 1 atom stereocenters.